The molecule has 0 bridgehead atoms. The number of anilines is 1. The van der Waals surface area contributed by atoms with Gasteiger partial charge in [0.25, 0.3) is 5.91 Å². The van der Waals surface area contributed by atoms with Crippen molar-refractivity contribution in [3.8, 4) is 0 Å². The number of aryl methyl sites for hydroxylation is 2. The second-order valence-electron chi connectivity index (χ2n) is 3.82. The Bertz CT molecular complexity index is 453. The molecule has 1 aromatic heterocycles. The smallest absolute Gasteiger partial charge is 0.272 e. The minimum atomic E-state index is -0.395. The first-order valence-electron chi connectivity index (χ1n) is 5.87. The predicted molar refractivity (Wildman–Crippen MR) is 68.0 cm³/mol. The monoisotopic (exact) mass is 253 g/mol. The van der Waals surface area contributed by atoms with Gasteiger partial charge >= 0.3 is 0 Å². The van der Waals surface area contributed by atoms with E-state index in [1.54, 1.807) is 7.05 Å². The van der Waals surface area contributed by atoms with Crippen LogP contribution in [0.5, 0.6) is 0 Å². The lowest BCUT2D eigenvalue weighted by atomic mass is 10.2. The van der Waals surface area contributed by atoms with Crippen LogP contribution in [0.3, 0.4) is 0 Å². The maximum atomic E-state index is 11.9. The molecule has 0 fully saturated rings. The summed E-state index contributed by atoms with van der Waals surface area (Å²) in [6.07, 6.45) is 0.656. The van der Waals surface area contributed by atoms with Crippen molar-refractivity contribution in [3.63, 3.8) is 0 Å². The normalized spacial score (nSPS) is 10.2. The summed E-state index contributed by atoms with van der Waals surface area (Å²) in [5.41, 5.74) is 7.17. The highest BCUT2D eigenvalue weighted by molar-refractivity contribution is 5.99. The van der Waals surface area contributed by atoms with Crippen LogP contribution in [0.15, 0.2) is 0 Å². The predicted octanol–water partition coefficient (Wildman–Crippen LogP) is -0.569. The van der Waals surface area contributed by atoms with E-state index in [9.17, 15) is 9.59 Å². The molecule has 0 unspecified atom stereocenters. The van der Waals surface area contributed by atoms with E-state index in [0.717, 1.165) is 0 Å². The van der Waals surface area contributed by atoms with E-state index in [2.05, 4.69) is 15.7 Å². The number of carbonyl (C=O) groups excluding carboxylic acids is 2. The van der Waals surface area contributed by atoms with E-state index < -0.39 is 5.91 Å². The highest BCUT2D eigenvalue weighted by Gasteiger charge is 2.19. The Morgan fingerprint density at radius 2 is 2.00 bits per heavy atom. The first-order chi connectivity index (χ1) is 8.51. The number of carbonyl (C=O) groups is 2. The molecule has 0 spiro atoms. The molecule has 0 saturated carbocycles. The number of hydrogen-bond donors (Lipinski definition) is 3. The Kier molecular flexibility index (Phi) is 4.70. The molecule has 0 aliphatic carbocycles. The third kappa shape index (κ3) is 2.99. The minimum Gasteiger partial charge on any atom is -0.395 e. The fraction of sp³-hybridized carbons (Fsp3) is 0.545. The Morgan fingerprint density at radius 1 is 1.33 bits per heavy atom. The molecule has 100 valence electrons. The number of nitrogens with two attached hydrogens (primary N) is 1. The van der Waals surface area contributed by atoms with Gasteiger partial charge in [0.15, 0.2) is 0 Å². The van der Waals surface area contributed by atoms with Crippen molar-refractivity contribution in [1.82, 2.24) is 20.4 Å². The number of amides is 2. The zero-order valence-corrected chi connectivity index (χ0v) is 10.9. The van der Waals surface area contributed by atoms with Gasteiger partial charge in [-0.15, -0.1) is 0 Å². The number of nitrogens with zero attached hydrogens (tertiary/aromatic N) is 2. The van der Waals surface area contributed by atoms with Crippen LogP contribution in [-0.2, 0) is 18.3 Å². The number of aromatic nitrogens is 2. The molecular formula is C11H19N5O2. The maximum absolute atomic E-state index is 11.9. The van der Waals surface area contributed by atoms with Crippen LogP contribution in [0.25, 0.3) is 0 Å². The number of rotatable bonds is 5. The molecule has 2 amide bonds. The lowest BCUT2D eigenvalue weighted by Crippen LogP contribution is -2.37. The van der Waals surface area contributed by atoms with E-state index in [4.69, 9.17) is 5.73 Å². The summed E-state index contributed by atoms with van der Waals surface area (Å²) >= 11 is 0. The van der Waals surface area contributed by atoms with Crippen LogP contribution in [0.2, 0.25) is 0 Å². The first kappa shape index (κ1) is 14.0. The summed E-state index contributed by atoms with van der Waals surface area (Å²) in [5.74, 6) is -0.629. The van der Waals surface area contributed by atoms with Gasteiger partial charge in [-0.25, -0.2) is 0 Å². The van der Waals surface area contributed by atoms with Gasteiger partial charge in [0, 0.05) is 13.6 Å². The summed E-state index contributed by atoms with van der Waals surface area (Å²) in [6.45, 7) is 4.18. The highest BCUT2D eigenvalue weighted by atomic mass is 16.2. The Hall–Kier alpha value is -2.05. The van der Waals surface area contributed by atoms with Crippen molar-refractivity contribution < 1.29 is 9.59 Å². The van der Waals surface area contributed by atoms with E-state index in [0.29, 0.717) is 24.3 Å². The topological polar surface area (TPSA) is 102 Å². The Morgan fingerprint density at radius 3 is 2.50 bits per heavy atom. The Labute approximate surface area is 106 Å². The van der Waals surface area contributed by atoms with Crippen LogP contribution in [0.1, 0.15) is 30.0 Å². The van der Waals surface area contributed by atoms with Crippen LogP contribution in [0, 0.1) is 0 Å². The number of likely N-dealkylation sites (N-methyl/N-ethyl adjacent to an activating group) is 1. The van der Waals surface area contributed by atoms with E-state index >= 15 is 0 Å². The van der Waals surface area contributed by atoms with Gasteiger partial charge in [-0.1, -0.05) is 6.92 Å². The van der Waals surface area contributed by atoms with Gasteiger partial charge in [-0.2, -0.15) is 5.10 Å². The average molecular weight is 253 g/mol. The van der Waals surface area contributed by atoms with Crippen molar-refractivity contribution in [2.75, 3.05) is 18.8 Å². The molecule has 1 heterocycles. The van der Waals surface area contributed by atoms with Gasteiger partial charge in [0.2, 0.25) is 5.91 Å². The standard InChI is InChI=1S/C11H19N5O2/c1-4-7-9(12)10(16(3)15-7)11(18)14-6-8(17)13-5-2/h4-6,12H2,1-3H3,(H,13,17)(H,14,18). The van der Waals surface area contributed by atoms with Crippen LogP contribution in [-0.4, -0.2) is 34.7 Å². The van der Waals surface area contributed by atoms with Gasteiger partial charge in [-0.05, 0) is 13.3 Å². The van der Waals surface area contributed by atoms with Crippen molar-refractivity contribution in [3.05, 3.63) is 11.4 Å². The molecule has 18 heavy (non-hydrogen) atoms. The average Bonchev–Trinajstić information content (AvgIpc) is 2.61. The molecule has 0 aromatic carbocycles. The summed E-state index contributed by atoms with van der Waals surface area (Å²) in [5, 5.41) is 9.24. The molecule has 1 aromatic rings. The molecule has 7 heteroatoms. The molecule has 7 nitrogen and oxygen atoms in total. The fourth-order valence-electron chi connectivity index (χ4n) is 1.63. The molecule has 0 radical (unpaired) electrons. The molecule has 0 saturated heterocycles. The Balaban J connectivity index is 2.73. The van der Waals surface area contributed by atoms with Crippen LogP contribution in [0.4, 0.5) is 5.69 Å². The van der Waals surface area contributed by atoms with Crippen molar-refractivity contribution >= 4 is 17.5 Å². The second kappa shape index (κ2) is 6.04. The van der Waals surface area contributed by atoms with Gasteiger partial charge in [0.1, 0.15) is 5.69 Å². The van der Waals surface area contributed by atoms with Gasteiger partial charge < -0.3 is 16.4 Å². The molecule has 0 aliphatic heterocycles. The van der Waals surface area contributed by atoms with Crippen molar-refractivity contribution in [2.45, 2.75) is 20.3 Å². The summed E-state index contributed by atoms with van der Waals surface area (Å²) in [4.78, 5) is 23.1. The molecular weight excluding hydrogens is 234 g/mol. The van der Waals surface area contributed by atoms with Gasteiger partial charge in [0.05, 0.1) is 17.9 Å². The molecule has 1 rings (SSSR count). The lowest BCUT2D eigenvalue weighted by Gasteiger charge is -2.06. The van der Waals surface area contributed by atoms with Crippen molar-refractivity contribution in [2.24, 2.45) is 7.05 Å². The van der Waals surface area contributed by atoms with Crippen molar-refractivity contribution in [1.29, 1.82) is 0 Å². The largest absolute Gasteiger partial charge is 0.395 e. The summed E-state index contributed by atoms with van der Waals surface area (Å²) < 4.78 is 1.43. The quantitative estimate of drug-likeness (QED) is 0.654. The maximum Gasteiger partial charge on any atom is 0.272 e. The second-order valence-corrected chi connectivity index (χ2v) is 3.82. The number of nitrogen functional groups attached to an aromatic ring is 1. The third-order valence-electron chi connectivity index (χ3n) is 2.49. The molecule has 4 N–H and O–H groups in total. The van der Waals surface area contributed by atoms with E-state index in [-0.39, 0.29) is 18.1 Å². The minimum absolute atomic E-state index is 0.0707. The van der Waals surface area contributed by atoms with Crippen LogP contribution >= 0.6 is 0 Å². The fourth-order valence-corrected chi connectivity index (χ4v) is 1.63. The SMILES string of the molecule is CCNC(=O)CNC(=O)c1c(N)c(CC)nn1C. The zero-order valence-electron chi connectivity index (χ0n) is 10.9. The lowest BCUT2D eigenvalue weighted by molar-refractivity contribution is -0.120. The van der Waals surface area contributed by atoms with Crippen LogP contribution < -0.4 is 16.4 Å². The van der Waals surface area contributed by atoms with E-state index in [1.165, 1.54) is 4.68 Å². The van der Waals surface area contributed by atoms with Gasteiger partial charge in [-0.3, -0.25) is 14.3 Å². The molecule has 0 aliphatic rings. The summed E-state index contributed by atoms with van der Waals surface area (Å²) in [7, 11) is 1.65. The first-order valence-corrected chi connectivity index (χ1v) is 5.87. The zero-order chi connectivity index (χ0) is 13.7. The highest BCUT2D eigenvalue weighted by Crippen LogP contribution is 2.16. The summed E-state index contributed by atoms with van der Waals surface area (Å²) in [6, 6.07) is 0. The number of nitrogens with one attached hydrogen (secondary N) is 2. The third-order valence-corrected chi connectivity index (χ3v) is 2.49. The number of hydrogen-bond acceptors (Lipinski definition) is 4. The molecule has 0 atom stereocenters. The van der Waals surface area contributed by atoms with E-state index in [1.807, 2.05) is 13.8 Å².